The molecular weight excluding hydrogens is 451 g/mol. The molecule has 2 aromatic carbocycles. The van der Waals surface area contributed by atoms with E-state index in [1.807, 2.05) is 0 Å². The number of hydrogen-bond donors (Lipinski definition) is 4. The van der Waals surface area contributed by atoms with Gasteiger partial charge >= 0.3 is 6.09 Å². The van der Waals surface area contributed by atoms with Crippen LogP contribution >= 0.6 is 0 Å². The molecule has 4 aromatic rings. The van der Waals surface area contributed by atoms with Crippen molar-refractivity contribution in [1.82, 2.24) is 30.8 Å². The standard InChI is InChI=1S/C25H27FN6O3/c1-25(2,3)35-24(34)28-11-5-10-27-23(33)16-8-9-19-18(13-16)21(32-31-19)22-29-14-20(30-22)15-6-4-7-17(26)12-15/h4,6-9,12-14H,5,10-11H2,1-3H3,(H,27,33)(H,28,34)(H,29,30)(H,31,32). The van der Waals surface area contributed by atoms with Crippen molar-refractivity contribution in [2.45, 2.75) is 32.8 Å². The number of aromatic nitrogens is 4. The van der Waals surface area contributed by atoms with Gasteiger partial charge in [-0.25, -0.2) is 14.2 Å². The fraction of sp³-hybridized carbons (Fsp3) is 0.280. The zero-order valence-electron chi connectivity index (χ0n) is 19.7. The third-order valence-corrected chi connectivity index (χ3v) is 5.07. The van der Waals surface area contributed by atoms with Gasteiger partial charge in [0.2, 0.25) is 0 Å². The summed E-state index contributed by atoms with van der Waals surface area (Å²) in [4.78, 5) is 31.9. The minimum absolute atomic E-state index is 0.240. The molecule has 0 aliphatic heterocycles. The number of aromatic amines is 2. The molecule has 2 amide bonds. The highest BCUT2D eigenvalue weighted by Crippen LogP contribution is 2.27. The Bertz CT molecular complexity index is 1350. The van der Waals surface area contributed by atoms with Gasteiger partial charge in [-0.1, -0.05) is 12.1 Å². The van der Waals surface area contributed by atoms with Crippen LogP contribution in [0.4, 0.5) is 9.18 Å². The van der Waals surface area contributed by atoms with E-state index in [0.29, 0.717) is 47.8 Å². The first-order valence-corrected chi connectivity index (χ1v) is 11.2. The molecule has 0 radical (unpaired) electrons. The first-order chi connectivity index (χ1) is 16.7. The van der Waals surface area contributed by atoms with Gasteiger partial charge in [-0.2, -0.15) is 5.10 Å². The average molecular weight is 479 g/mol. The molecule has 0 aliphatic rings. The molecule has 9 nitrogen and oxygen atoms in total. The molecule has 0 fully saturated rings. The number of carbonyl (C=O) groups is 2. The third-order valence-electron chi connectivity index (χ3n) is 5.07. The van der Waals surface area contributed by atoms with Gasteiger partial charge < -0.3 is 20.4 Å². The molecule has 2 aromatic heterocycles. The number of halogens is 1. The summed E-state index contributed by atoms with van der Waals surface area (Å²) in [5.41, 5.74) is 2.55. The van der Waals surface area contributed by atoms with Crippen LogP contribution in [0.25, 0.3) is 33.7 Å². The third kappa shape index (κ3) is 6.03. The lowest BCUT2D eigenvalue weighted by molar-refractivity contribution is 0.0527. The second-order valence-corrected chi connectivity index (χ2v) is 9.03. The Morgan fingerprint density at radius 2 is 1.89 bits per heavy atom. The maximum absolute atomic E-state index is 13.6. The first kappa shape index (κ1) is 23.9. The molecule has 35 heavy (non-hydrogen) atoms. The van der Waals surface area contributed by atoms with Crippen LogP contribution < -0.4 is 10.6 Å². The van der Waals surface area contributed by atoms with Crippen molar-refractivity contribution in [1.29, 1.82) is 0 Å². The van der Waals surface area contributed by atoms with Crippen molar-refractivity contribution in [3.05, 3.63) is 60.0 Å². The maximum atomic E-state index is 13.6. The topological polar surface area (TPSA) is 125 Å². The lowest BCUT2D eigenvalue weighted by atomic mass is 10.1. The molecule has 2 heterocycles. The van der Waals surface area contributed by atoms with Crippen molar-refractivity contribution in [3.63, 3.8) is 0 Å². The second-order valence-electron chi connectivity index (χ2n) is 9.03. The number of fused-ring (bicyclic) bond motifs is 1. The summed E-state index contributed by atoms with van der Waals surface area (Å²) < 4.78 is 18.8. The van der Waals surface area contributed by atoms with Gasteiger partial charge in [0.1, 0.15) is 17.1 Å². The highest BCUT2D eigenvalue weighted by atomic mass is 19.1. The van der Waals surface area contributed by atoms with Gasteiger partial charge in [-0.05, 0) is 57.5 Å². The number of carbonyl (C=O) groups excluding carboxylic acids is 2. The van der Waals surface area contributed by atoms with E-state index in [0.717, 1.165) is 10.9 Å². The molecule has 4 rings (SSSR count). The number of benzene rings is 2. The molecule has 0 unspecified atom stereocenters. The lowest BCUT2D eigenvalue weighted by Crippen LogP contribution is -2.34. The average Bonchev–Trinajstić information content (AvgIpc) is 3.44. The van der Waals surface area contributed by atoms with Crippen molar-refractivity contribution >= 4 is 22.9 Å². The number of imidazole rings is 1. The number of nitrogens with one attached hydrogen (secondary N) is 4. The van der Waals surface area contributed by atoms with Crippen molar-refractivity contribution < 1.29 is 18.7 Å². The Kier molecular flexibility index (Phi) is 6.81. The van der Waals surface area contributed by atoms with Crippen molar-refractivity contribution in [2.75, 3.05) is 13.1 Å². The fourth-order valence-electron chi connectivity index (χ4n) is 3.48. The molecule has 0 atom stereocenters. The van der Waals surface area contributed by atoms with Gasteiger partial charge in [-0.3, -0.25) is 9.89 Å². The molecule has 4 N–H and O–H groups in total. The van der Waals surface area contributed by atoms with Crippen LogP contribution in [0, 0.1) is 5.82 Å². The van der Waals surface area contributed by atoms with Crippen LogP contribution in [-0.2, 0) is 4.74 Å². The van der Waals surface area contributed by atoms with Crippen LogP contribution in [0.2, 0.25) is 0 Å². The summed E-state index contributed by atoms with van der Waals surface area (Å²) in [5, 5.41) is 13.5. The molecule has 10 heteroatoms. The maximum Gasteiger partial charge on any atom is 0.407 e. The summed E-state index contributed by atoms with van der Waals surface area (Å²) >= 11 is 0. The number of amides is 2. The highest BCUT2D eigenvalue weighted by molar-refractivity contribution is 6.01. The van der Waals surface area contributed by atoms with E-state index in [1.54, 1.807) is 57.3 Å². The number of alkyl carbamates (subject to hydrolysis) is 1. The molecular formula is C25H27FN6O3. The SMILES string of the molecule is CC(C)(C)OC(=O)NCCCNC(=O)c1ccc2[nH]nc(-c3ncc(-c4cccc(F)c4)[nH]3)c2c1. The molecule has 0 saturated carbocycles. The normalized spacial score (nSPS) is 11.4. The molecule has 0 spiro atoms. The zero-order chi connectivity index (χ0) is 25.0. The summed E-state index contributed by atoms with van der Waals surface area (Å²) in [6.45, 7) is 6.16. The summed E-state index contributed by atoms with van der Waals surface area (Å²) in [5.74, 6) is -0.0716. The monoisotopic (exact) mass is 478 g/mol. The van der Waals surface area contributed by atoms with Gasteiger partial charge in [0, 0.05) is 29.6 Å². The number of nitrogens with zero attached hydrogens (tertiary/aromatic N) is 2. The van der Waals surface area contributed by atoms with Crippen LogP contribution in [-0.4, -0.2) is 50.9 Å². The minimum Gasteiger partial charge on any atom is -0.444 e. The minimum atomic E-state index is -0.556. The molecule has 0 aliphatic carbocycles. The summed E-state index contributed by atoms with van der Waals surface area (Å²) in [6.07, 6.45) is 1.69. The Balaban J connectivity index is 1.39. The largest absolute Gasteiger partial charge is 0.444 e. The van der Waals surface area contributed by atoms with E-state index in [-0.39, 0.29) is 11.7 Å². The number of hydrogen-bond acceptors (Lipinski definition) is 5. The van der Waals surface area contributed by atoms with Crippen LogP contribution in [0.5, 0.6) is 0 Å². The lowest BCUT2D eigenvalue weighted by Gasteiger charge is -2.19. The van der Waals surface area contributed by atoms with E-state index in [9.17, 15) is 14.0 Å². The Hall–Kier alpha value is -4.21. The Morgan fingerprint density at radius 3 is 2.66 bits per heavy atom. The smallest absolute Gasteiger partial charge is 0.407 e. The van der Waals surface area contributed by atoms with Gasteiger partial charge in [0.05, 0.1) is 17.4 Å². The van der Waals surface area contributed by atoms with E-state index >= 15 is 0 Å². The number of H-pyrrole nitrogens is 2. The molecule has 0 bridgehead atoms. The predicted octanol–water partition coefficient (Wildman–Crippen LogP) is 4.40. The van der Waals surface area contributed by atoms with E-state index in [2.05, 4.69) is 30.8 Å². The molecule has 0 saturated heterocycles. The fourth-order valence-corrected chi connectivity index (χ4v) is 3.48. The van der Waals surface area contributed by atoms with Gasteiger partial charge in [0.25, 0.3) is 5.91 Å². The van der Waals surface area contributed by atoms with Gasteiger partial charge in [0.15, 0.2) is 5.82 Å². The van der Waals surface area contributed by atoms with Crippen molar-refractivity contribution in [3.8, 4) is 22.8 Å². The highest BCUT2D eigenvalue weighted by Gasteiger charge is 2.16. The quantitative estimate of drug-likeness (QED) is 0.293. The van der Waals surface area contributed by atoms with Crippen LogP contribution in [0.15, 0.2) is 48.7 Å². The zero-order valence-corrected chi connectivity index (χ0v) is 19.7. The number of rotatable bonds is 7. The van der Waals surface area contributed by atoms with E-state index < -0.39 is 11.7 Å². The van der Waals surface area contributed by atoms with Crippen LogP contribution in [0.3, 0.4) is 0 Å². The number of ether oxygens (including phenoxy) is 1. The van der Waals surface area contributed by atoms with E-state index in [4.69, 9.17) is 4.74 Å². The first-order valence-electron chi connectivity index (χ1n) is 11.2. The van der Waals surface area contributed by atoms with Crippen molar-refractivity contribution in [2.24, 2.45) is 0 Å². The van der Waals surface area contributed by atoms with Gasteiger partial charge in [-0.15, -0.1) is 0 Å². The van der Waals surface area contributed by atoms with E-state index in [1.165, 1.54) is 12.1 Å². The Labute approximate surface area is 201 Å². The second kappa shape index (κ2) is 9.96. The summed E-state index contributed by atoms with van der Waals surface area (Å²) in [6, 6.07) is 11.5. The predicted molar refractivity (Wildman–Crippen MR) is 130 cm³/mol. The Morgan fingerprint density at radius 1 is 1.09 bits per heavy atom. The molecule has 182 valence electrons. The van der Waals surface area contributed by atoms with Crippen LogP contribution in [0.1, 0.15) is 37.6 Å². The summed E-state index contributed by atoms with van der Waals surface area (Å²) in [7, 11) is 0.